The SMILES string of the molecule is CCCCC(=O)OCc1cc(C(=O)C=O)ccc1OC(=O)CCCC. The molecule has 0 saturated carbocycles. The van der Waals surface area contributed by atoms with Crippen LogP contribution in [0.15, 0.2) is 18.2 Å². The minimum absolute atomic E-state index is 0.126. The number of carbonyl (C=O) groups excluding carboxylic acids is 4. The van der Waals surface area contributed by atoms with E-state index in [0.29, 0.717) is 18.4 Å². The van der Waals surface area contributed by atoms with Crippen LogP contribution in [0.1, 0.15) is 68.3 Å². The lowest BCUT2D eigenvalue weighted by atomic mass is 10.1. The Morgan fingerprint density at radius 3 is 2.24 bits per heavy atom. The number of ketones is 1. The predicted octanol–water partition coefficient (Wildman–Crippen LogP) is 3.40. The third-order valence-corrected chi connectivity index (χ3v) is 3.53. The Balaban J connectivity index is 2.90. The molecular formula is C19H24O6. The van der Waals surface area contributed by atoms with E-state index >= 15 is 0 Å². The number of esters is 2. The van der Waals surface area contributed by atoms with Gasteiger partial charge in [-0.15, -0.1) is 0 Å². The third-order valence-electron chi connectivity index (χ3n) is 3.53. The molecule has 0 aliphatic rings. The molecule has 0 bridgehead atoms. The first-order valence-electron chi connectivity index (χ1n) is 8.50. The maximum Gasteiger partial charge on any atom is 0.311 e. The van der Waals surface area contributed by atoms with E-state index in [0.717, 1.165) is 19.3 Å². The molecular weight excluding hydrogens is 324 g/mol. The minimum Gasteiger partial charge on any atom is -0.461 e. The highest BCUT2D eigenvalue weighted by Gasteiger charge is 2.14. The molecule has 0 heterocycles. The fraction of sp³-hybridized carbons (Fsp3) is 0.474. The van der Waals surface area contributed by atoms with Crippen molar-refractivity contribution in [3.8, 4) is 5.75 Å². The number of benzene rings is 1. The monoisotopic (exact) mass is 348 g/mol. The normalized spacial score (nSPS) is 10.2. The zero-order chi connectivity index (χ0) is 18.7. The second kappa shape index (κ2) is 11.1. The topological polar surface area (TPSA) is 86.7 Å². The van der Waals surface area contributed by atoms with Crippen molar-refractivity contribution in [3.63, 3.8) is 0 Å². The van der Waals surface area contributed by atoms with E-state index in [1.807, 2.05) is 13.8 Å². The quantitative estimate of drug-likeness (QED) is 0.200. The smallest absolute Gasteiger partial charge is 0.311 e. The Bertz CT molecular complexity index is 620. The van der Waals surface area contributed by atoms with E-state index in [9.17, 15) is 19.2 Å². The van der Waals surface area contributed by atoms with Gasteiger partial charge < -0.3 is 9.47 Å². The third kappa shape index (κ3) is 7.28. The summed E-state index contributed by atoms with van der Waals surface area (Å²) in [5.74, 6) is -1.22. The van der Waals surface area contributed by atoms with Gasteiger partial charge in [0.2, 0.25) is 5.78 Å². The van der Waals surface area contributed by atoms with E-state index in [-0.39, 0.29) is 36.6 Å². The molecule has 0 spiro atoms. The summed E-state index contributed by atoms with van der Waals surface area (Å²) in [5, 5.41) is 0. The molecule has 0 fully saturated rings. The number of aldehydes is 1. The van der Waals surface area contributed by atoms with Crippen LogP contribution < -0.4 is 4.74 Å². The maximum absolute atomic E-state index is 11.8. The molecule has 1 aromatic rings. The van der Waals surface area contributed by atoms with E-state index < -0.39 is 11.8 Å². The first kappa shape index (κ1) is 20.5. The average Bonchev–Trinajstić information content (AvgIpc) is 2.63. The molecule has 0 unspecified atom stereocenters. The predicted molar refractivity (Wildman–Crippen MR) is 91.3 cm³/mol. The van der Waals surface area contributed by atoms with Gasteiger partial charge in [-0.25, -0.2) is 0 Å². The molecule has 0 aliphatic heterocycles. The lowest BCUT2D eigenvalue weighted by Crippen LogP contribution is -2.12. The van der Waals surface area contributed by atoms with Gasteiger partial charge in [-0.3, -0.25) is 19.2 Å². The first-order chi connectivity index (χ1) is 12.0. The molecule has 25 heavy (non-hydrogen) atoms. The molecule has 0 aromatic heterocycles. The van der Waals surface area contributed by atoms with Crippen LogP contribution in [0.3, 0.4) is 0 Å². The van der Waals surface area contributed by atoms with Gasteiger partial charge in [-0.2, -0.15) is 0 Å². The molecule has 1 rings (SSSR count). The van der Waals surface area contributed by atoms with Crippen LogP contribution in [0.25, 0.3) is 0 Å². The van der Waals surface area contributed by atoms with Gasteiger partial charge in [0.05, 0.1) is 0 Å². The van der Waals surface area contributed by atoms with Crippen molar-refractivity contribution in [2.24, 2.45) is 0 Å². The van der Waals surface area contributed by atoms with E-state index in [1.54, 1.807) is 0 Å². The lowest BCUT2D eigenvalue weighted by Gasteiger charge is -2.12. The highest BCUT2D eigenvalue weighted by molar-refractivity contribution is 6.33. The first-order valence-corrected chi connectivity index (χ1v) is 8.50. The summed E-state index contributed by atoms with van der Waals surface area (Å²) in [4.78, 5) is 45.7. The molecule has 0 aliphatic carbocycles. The zero-order valence-corrected chi connectivity index (χ0v) is 14.7. The van der Waals surface area contributed by atoms with Gasteiger partial charge in [-0.1, -0.05) is 26.7 Å². The Hall–Kier alpha value is -2.50. The van der Waals surface area contributed by atoms with Gasteiger partial charge >= 0.3 is 11.9 Å². The summed E-state index contributed by atoms with van der Waals surface area (Å²) in [6, 6.07) is 4.25. The fourth-order valence-corrected chi connectivity index (χ4v) is 2.06. The molecule has 0 saturated heterocycles. The Kier molecular flexibility index (Phi) is 9.14. The number of carbonyl (C=O) groups is 4. The summed E-state index contributed by atoms with van der Waals surface area (Å²) in [5.41, 5.74) is 0.533. The second-order valence-electron chi connectivity index (χ2n) is 5.65. The van der Waals surface area contributed by atoms with Gasteiger partial charge in [0, 0.05) is 24.0 Å². The van der Waals surface area contributed by atoms with Crippen molar-refractivity contribution in [1.29, 1.82) is 0 Å². The number of Topliss-reactive ketones (excluding diaryl/α,β-unsaturated/α-hetero) is 1. The molecule has 6 heteroatoms. The van der Waals surface area contributed by atoms with Crippen molar-refractivity contribution in [3.05, 3.63) is 29.3 Å². The second-order valence-corrected chi connectivity index (χ2v) is 5.65. The Morgan fingerprint density at radius 1 is 1.00 bits per heavy atom. The maximum atomic E-state index is 11.8. The van der Waals surface area contributed by atoms with Crippen molar-refractivity contribution in [2.75, 3.05) is 0 Å². The molecule has 1 aromatic carbocycles. The summed E-state index contributed by atoms with van der Waals surface area (Å²) < 4.78 is 10.5. The van der Waals surface area contributed by atoms with Crippen LogP contribution in [-0.4, -0.2) is 24.0 Å². The molecule has 0 amide bonds. The average molecular weight is 348 g/mol. The van der Waals surface area contributed by atoms with Crippen molar-refractivity contribution >= 4 is 24.0 Å². The molecule has 0 N–H and O–H groups in total. The molecule has 6 nitrogen and oxygen atoms in total. The highest BCUT2D eigenvalue weighted by Crippen LogP contribution is 2.23. The summed E-state index contributed by atoms with van der Waals surface area (Å²) >= 11 is 0. The zero-order valence-electron chi connectivity index (χ0n) is 14.7. The van der Waals surface area contributed by atoms with Gasteiger partial charge in [0.25, 0.3) is 0 Å². The standard InChI is InChI=1S/C19H24O6/c1-3-5-7-18(22)24-13-15-11-14(16(21)12-20)9-10-17(15)25-19(23)8-6-4-2/h9-12H,3-8,13H2,1-2H3. The van der Waals surface area contributed by atoms with Crippen LogP contribution in [0.2, 0.25) is 0 Å². The van der Waals surface area contributed by atoms with Gasteiger partial charge in [0.1, 0.15) is 12.4 Å². The minimum atomic E-state index is -0.692. The van der Waals surface area contributed by atoms with Crippen molar-refractivity contribution in [1.82, 2.24) is 0 Å². The Morgan fingerprint density at radius 2 is 1.64 bits per heavy atom. The number of hydrogen-bond acceptors (Lipinski definition) is 6. The van der Waals surface area contributed by atoms with E-state index in [4.69, 9.17) is 9.47 Å². The van der Waals surface area contributed by atoms with Crippen LogP contribution in [-0.2, 0) is 25.7 Å². The number of rotatable bonds is 11. The summed E-state index contributed by atoms with van der Waals surface area (Å²) in [7, 11) is 0. The molecule has 136 valence electrons. The van der Waals surface area contributed by atoms with Crippen LogP contribution in [0, 0.1) is 0 Å². The fourth-order valence-electron chi connectivity index (χ4n) is 2.06. The lowest BCUT2D eigenvalue weighted by molar-refractivity contribution is -0.145. The summed E-state index contributed by atoms with van der Waals surface area (Å²) in [6.07, 6.45) is 3.96. The van der Waals surface area contributed by atoms with Gasteiger partial charge in [0.15, 0.2) is 6.29 Å². The van der Waals surface area contributed by atoms with Gasteiger partial charge in [-0.05, 0) is 31.0 Å². The van der Waals surface area contributed by atoms with Crippen LogP contribution >= 0.6 is 0 Å². The number of ether oxygens (including phenoxy) is 2. The molecule has 0 atom stereocenters. The van der Waals surface area contributed by atoms with Crippen molar-refractivity contribution < 1.29 is 28.7 Å². The number of unbranched alkanes of at least 4 members (excludes halogenated alkanes) is 2. The van der Waals surface area contributed by atoms with Crippen molar-refractivity contribution in [2.45, 2.75) is 59.0 Å². The number of hydrogen-bond donors (Lipinski definition) is 0. The largest absolute Gasteiger partial charge is 0.461 e. The van der Waals surface area contributed by atoms with Crippen LogP contribution in [0.4, 0.5) is 0 Å². The van der Waals surface area contributed by atoms with Crippen LogP contribution in [0.5, 0.6) is 5.75 Å². The van der Waals surface area contributed by atoms with E-state index in [1.165, 1.54) is 18.2 Å². The van der Waals surface area contributed by atoms with E-state index in [2.05, 4.69) is 0 Å². The summed E-state index contributed by atoms with van der Waals surface area (Å²) in [6.45, 7) is 3.81. The highest BCUT2D eigenvalue weighted by atomic mass is 16.5. The molecule has 0 radical (unpaired) electrons. The Labute approximate surface area is 147 Å².